The first-order chi connectivity index (χ1) is 10.2. The van der Waals surface area contributed by atoms with E-state index >= 15 is 0 Å². The van der Waals surface area contributed by atoms with Gasteiger partial charge in [0, 0.05) is 29.1 Å². The Morgan fingerprint density at radius 2 is 2.00 bits per heavy atom. The van der Waals surface area contributed by atoms with Crippen LogP contribution in [0.5, 0.6) is 0 Å². The minimum Gasteiger partial charge on any atom is -0.341 e. The maximum atomic E-state index is 12.1. The summed E-state index contributed by atoms with van der Waals surface area (Å²) in [6, 6.07) is 11.1. The summed E-state index contributed by atoms with van der Waals surface area (Å²) in [6.45, 7) is 4.18. The summed E-state index contributed by atoms with van der Waals surface area (Å²) < 4.78 is 1.95. The maximum absolute atomic E-state index is 12.1. The van der Waals surface area contributed by atoms with Gasteiger partial charge in [-0.05, 0) is 49.4 Å². The standard InChI is InChI=1S/C16H20ClN3O/c1-2-9-18-11-15-4-3-10-20(15)12-16(21)19-14-7-5-13(17)6-8-14/h3-8,10,18H,2,9,11-12H2,1H3,(H,19,21). The van der Waals surface area contributed by atoms with Crippen molar-refractivity contribution >= 4 is 23.2 Å². The third-order valence-corrected chi connectivity index (χ3v) is 3.35. The summed E-state index contributed by atoms with van der Waals surface area (Å²) in [7, 11) is 0. The third kappa shape index (κ3) is 4.92. The first-order valence-electron chi connectivity index (χ1n) is 7.09. The molecule has 2 N–H and O–H groups in total. The van der Waals surface area contributed by atoms with Crippen molar-refractivity contribution in [2.75, 3.05) is 11.9 Å². The third-order valence-electron chi connectivity index (χ3n) is 3.10. The summed E-state index contributed by atoms with van der Waals surface area (Å²) >= 11 is 5.82. The molecule has 0 aliphatic carbocycles. The SMILES string of the molecule is CCCNCc1cccn1CC(=O)Nc1ccc(Cl)cc1. The number of carbonyl (C=O) groups excluding carboxylic acids is 1. The van der Waals surface area contributed by atoms with Crippen LogP contribution in [0.25, 0.3) is 0 Å². The second kappa shape index (κ2) is 7.86. The van der Waals surface area contributed by atoms with Crippen LogP contribution in [0.1, 0.15) is 19.0 Å². The topological polar surface area (TPSA) is 46.1 Å². The molecule has 0 radical (unpaired) electrons. The van der Waals surface area contributed by atoms with Crippen molar-refractivity contribution < 1.29 is 4.79 Å². The number of halogens is 1. The molecule has 5 heteroatoms. The Hall–Kier alpha value is -1.78. The molecule has 1 amide bonds. The molecule has 1 aromatic heterocycles. The van der Waals surface area contributed by atoms with Crippen LogP contribution in [-0.4, -0.2) is 17.0 Å². The van der Waals surface area contributed by atoms with Gasteiger partial charge in [-0.2, -0.15) is 0 Å². The van der Waals surface area contributed by atoms with Crippen LogP contribution >= 0.6 is 11.6 Å². The molecule has 0 aliphatic rings. The van der Waals surface area contributed by atoms with Crippen molar-refractivity contribution in [2.24, 2.45) is 0 Å². The smallest absolute Gasteiger partial charge is 0.244 e. The fourth-order valence-corrected chi connectivity index (χ4v) is 2.17. The van der Waals surface area contributed by atoms with Gasteiger partial charge in [0.25, 0.3) is 0 Å². The molecule has 1 aromatic carbocycles. The maximum Gasteiger partial charge on any atom is 0.244 e. The zero-order valence-electron chi connectivity index (χ0n) is 12.1. The predicted octanol–water partition coefficient (Wildman–Crippen LogP) is 3.28. The molecular weight excluding hydrogens is 286 g/mol. The highest BCUT2D eigenvalue weighted by molar-refractivity contribution is 6.30. The molecule has 0 unspecified atom stereocenters. The van der Waals surface area contributed by atoms with Gasteiger partial charge in [-0.15, -0.1) is 0 Å². The molecule has 21 heavy (non-hydrogen) atoms. The van der Waals surface area contributed by atoms with Crippen LogP contribution in [-0.2, 0) is 17.9 Å². The molecule has 0 bridgehead atoms. The number of hydrogen-bond donors (Lipinski definition) is 2. The normalized spacial score (nSPS) is 10.6. The first-order valence-corrected chi connectivity index (χ1v) is 7.47. The minimum absolute atomic E-state index is 0.0507. The van der Waals surface area contributed by atoms with Crippen molar-refractivity contribution in [1.82, 2.24) is 9.88 Å². The molecule has 4 nitrogen and oxygen atoms in total. The molecule has 0 saturated heterocycles. The number of carbonyl (C=O) groups is 1. The summed E-state index contributed by atoms with van der Waals surface area (Å²) in [5.74, 6) is -0.0507. The quantitative estimate of drug-likeness (QED) is 0.771. The Morgan fingerprint density at radius 3 is 2.71 bits per heavy atom. The van der Waals surface area contributed by atoms with Crippen LogP contribution in [0.3, 0.4) is 0 Å². The zero-order valence-corrected chi connectivity index (χ0v) is 12.9. The van der Waals surface area contributed by atoms with E-state index < -0.39 is 0 Å². The van der Waals surface area contributed by atoms with E-state index in [1.807, 2.05) is 22.9 Å². The van der Waals surface area contributed by atoms with Crippen molar-refractivity contribution in [1.29, 1.82) is 0 Å². The van der Waals surface area contributed by atoms with Gasteiger partial charge in [-0.25, -0.2) is 0 Å². The lowest BCUT2D eigenvalue weighted by Crippen LogP contribution is -2.22. The lowest BCUT2D eigenvalue weighted by Gasteiger charge is -2.10. The Balaban J connectivity index is 1.90. The van der Waals surface area contributed by atoms with Gasteiger partial charge in [-0.3, -0.25) is 4.79 Å². The fraction of sp³-hybridized carbons (Fsp3) is 0.312. The Morgan fingerprint density at radius 1 is 1.24 bits per heavy atom. The summed E-state index contributed by atoms with van der Waals surface area (Å²) in [5, 5.41) is 6.86. The van der Waals surface area contributed by atoms with Crippen LogP contribution in [0, 0.1) is 0 Å². The second-order valence-corrected chi connectivity index (χ2v) is 5.30. The zero-order chi connectivity index (χ0) is 15.1. The molecule has 0 atom stereocenters. The number of hydrogen-bond acceptors (Lipinski definition) is 2. The molecule has 0 fully saturated rings. The van der Waals surface area contributed by atoms with Gasteiger partial charge >= 0.3 is 0 Å². The molecule has 0 saturated carbocycles. The van der Waals surface area contributed by atoms with Crippen molar-refractivity contribution in [3.63, 3.8) is 0 Å². The number of rotatable bonds is 7. The predicted molar refractivity (Wildman–Crippen MR) is 86.5 cm³/mol. The van der Waals surface area contributed by atoms with E-state index in [0.29, 0.717) is 11.6 Å². The van der Waals surface area contributed by atoms with Gasteiger partial charge in [0.15, 0.2) is 0 Å². The summed E-state index contributed by atoms with van der Waals surface area (Å²) in [4.78, 5) is 12.1. The molecular formula is C16H20ClN3O. The van der Waals surface area contributed by atoms with E-state index in [1.54, 1.807) is 24.3 Å². The van der Waals surface area contributed by atoms with Crippen LogP contribution in [0.4, 0.5) is 5.69 Å². The van der Waals surface area contributed by atoms with E-state index in [0.717, 1.165) is 30.9 Å². The Labute approximate surface area is 130 Å². The van der Waals surface area contributed by atoms with E-state index in [-0.39, 0.29) is 5.91 Å². The Bertz CT molecular complexity index is 577. The lowest BCUT2D eigenvalue weighted by atomic mass is 10.3. The fourth-order valence-electron chi connectivity index (χ4n) is 2.05. The largest absolute Gasteiger partial charge is 0.341 e. The van der Waals surface area contributed by atoms with Crippen molar-refractivity contribution in [3.8, 4) is 0 Å². The number of nitrogens with zero attached hydrogens (tertiary/aromatic N) is 1. The van der Waals surface area contributed by atoms with Gasteiger partial charge in [-0.1, -0.05) is 18.5 Å². The van der Waals surface area contributed by atoms with Crippen LogP contribution in [0.15, 0.2) is 42.6 Å². The van der Waals surface area contributed by atoms with E-state index in [4.69, 9.17) is 11.6 Å². The van der Waals surface area contributed by atoms with Gasteiger partial charge in [0.1, 0.15) is 6.54 Å². The highest BCUT2D eigenvalue weighted by Crippen LogP contribution is 2.13. The molecule has 2 aromatic rings. The number of aromatic nitrogens is 1. The van der Waals surface area contributed by atoms with Crippen LogP contribution < -0.4 is 10.6 Å². The monoisotopic (exact) mass is 305 g/mol. The minimum atomic E-state index is -0.0507. The number of nitrogens with one attached hydrogen (secondary N) is 2. The van der Waals surface area contributed by atoms with E-state index in [2.05, 4.69) is 17.6 Å². The Kier molecular flexibility index (Phi) is 5.84. The van der Waals surface area contributed by atoms with Gasteiger partial charge in [0.2, 0.25) is 5.91 Å². The molecule has 2 rings (SSSR count). The lowest BCUT2D eigenvalue weighted by molar-refractivity contribution is -0.116. The summed E-state index contributed by atoms with van der Waals surface area (Å²) in [5.41, 5.74) is 1.86. The average molecular weight is 306 g/mol. The summed E-state index contributed by atoms with van der Waals surface area (Å²) in [6.07, 6.45) is 3.02. The molecule has 112 valence electrons. The second-order valence-electron chi connectivity index (χ2n) is 4.86. The molecule has 1 heterocycles. The molecule has 0 aliphatic heterocycles. The van der Waals surface area contributed by atoms with E-state index in [9.17, 15) is 4.79 Å². The van der Waals surface area contributed by atoms with Crippen LogP contribution in [0.2, 0.25) is 5.02 Å². The van der Waals surface area contributed by atoms with Crippen molar-refractivity contribution in [3.05, 3.63) is 53.3 Å². The number of benzene rings is 1. The van der Waals surface area contributed by atoms with Gasteiger partial charge < -0.3 is 15.2 Å². The van der Waals surface area contributed by atoms with Gasteiger partial charge in [0.05, 0.1) is 0 Å². The first kappa shape index (κ1) is 15.6. The van der Waals surface area contributed by atoms with Crippen molar-refractivity contribution in [2.45, 2.75) is 26.4 Å². The molecule has 0 spiro atoms. The number of amides is 1. The highest BCUT2D eigenvalue weighted by atomic mass is 35.5. The highest BCUT2D eigenvalue weighted by Gasteiger charge is 2.06. The number of anilines is 1. The van der Waals surface area contributed by atoms with E-state index in [1.165, 1.54) is 0 Å². The average Bonchev–Trinajstić information content (AvgIpc) is 2.89.